The van der Waals surface area contributed by atoms with E-state index in [1.165, 1.54) is 12.8 Å². The maximum Gasteiger partial charge on any atom is 0.226 e. The van der Waals surface area contributed by atoms with Crippen LogP contribution in [0.15, 0.2) is 0 Å². The zero-order chi connectivity index (χ0) is 10.8. The Labute approximate surface area is 90.8 Å². The zero-order valence-electron chi connectivity index (χ0n) is 9.32. The van der Waals surface area contributed by atoms with Crippen molar-refractivity contribution in [2.24, 2.45) is 17.6 Å². The zero-order valence-corrected chi connectivity index (χ0v) is 9.32. The van der Waals surface area contributed by atoms with Crippen molar-refractivity contribution in [3.05, 3.63) is 0 Å². The van der Waals surface area contributed by atoms with Crippen molar-refractivity contribution in [1.29, 1.82) is 0 Å². The number of hydrogen-bond donors (Lipinski definition) is 1. The van der Waals surface area contributed by atoms with Crippen molar-refractivity contribution in [2.75, 3.05) is 26.3 Å². The second kappa shape index (κ2) is 4.49. The van der Waals surface area contributed by atoms with Crippen molar-refractivity contribution < 1.29 is 9.53 Å². The molecular weight excluding hydrogens is 192 g/mol. The average molecular weight is 212 g/mol. The molecule has 2 unspecified atom stereocenters. The van der Waals surface area contributed by atoms with E-state index in [-0.39, 0.29) is 17.9 Å². The molecule has 0 aromatic rings. The van der Waals surface area contributed by atoms with E-state index in [2.05, 4.69) is 0 Å². The summed E-state index contributed by atoms with van der Waals surface area (Å²) in [4.78, 5) is 14.1. The molecular formula is C11H20N2O2. The van der Waals surface area contributed by atoms with E-state index in [0.717, 1.165) is 0 Å². The lowest BCUT2D eigenvalue weighted by Gasteiger charge is -2.36. The highest BCUT2D eigenvalue weighted by Gasteiger charge is 2.37. The Balaban J connectivity index is 1.96. The predicted octanol–water partition coefficient (Wildman–Crippen LogP) is 0.219. The van der Waals surface area contributed by atoms with Crippen LogP contribution in [0.3, 0.4) is 0 Å². The topological polar surface area (TPSA) is 55.6 Å². The molecule has 4 heteroatoms. The second-order valence-corrected chi connectivity index (χ2v) is 4.62. The summed E-state index contributed by atoms with van der Waals surface area (Å²) in [5.74, 6) is 1.08. The first-order chi connectivity index (χ1) is 7.24. The summed E-state index contributed by atoms with van der Waals surface area (Å²) in [6.07, 6.45) is 2.43. The number of carbonyl (C=O) groups excluding carboxylic acids is 1. The molecule has 2 fully saturated rings. The van der Waals surface area contributed by atoms with Gasteiger partial charge in [-0.25, -0.2) is 0 Å². The van der Waals surface area contributed by atoms with Crippen molar-refractivity contribution >= 4 is 5.91 Å². The van der Waals surface area contributed by atoms with Crippen LogP contribution in [0, 0.1) is 11.8 Å². The molecule has 2 atom stereocenters. The fourth-order valence-electron chi connectivity index (χ4n) is 2.20. The fourth-order valence-corrected chi connectivity index (χ4v) is 2.20. The summed E-state index contributed by atoms with van der Waals surface area (Å²) < 4.78 is 5.34. The van der Waals surface area contributed by atoms with Gasteiger partial charge >= 0.3 is 0 Å². The summed E-state index contributed by atoms with van der Waals surface area (Å²) >= 11 is 0. The highest BCUT2D eigenvalue weighted by molar-refractivity contribution is 5.79. The molecule has 1 aliphatic heterocycles. The summed E-state index contributed by atoms with van der Waals surface area (Å²) in [6, 6.07) is 0.0902. The minimum Gasteiger partial charge on any atom is -0.377 e. The van der Waals surface area contributed by atoms with Crippen LogP contribution in [0.25, 0.3) is 0 Å². The molecule has 0 radical (unpaired) electrons. The normalized spacial score (nSPS) is 28.9. The molecule has 1 aliphatic carbocycles. The highest BCUT2D eigenvalue weighted by atomic mass is 16.5. The molecule has 1 amide bonds. The molecule has 0 aromatic carbocycles. The van der Waals surface area contributed by atoms with Crippen molar-refractivity contribution in [1.82, 2.24) is 4.90 Å². The second-order valence-electron chi connectivity index (χ2n) is 4.62. The molecule has 86 valence electrons. The van der Waals surface area contributed by atoms with Gasteiger partial charge in [-0.1, -0.05) is 6.92 Å². The lowest BCUT2D eigenvalue weighted by atomic mass is 10.0. The Kier molecular flexibility index (Phi) is 3.26. The van der Waals surface area contributed by atoms with E-state index in [9.17, 15) is 4.79 Å². The van der Waals surface area contributed by atoms with Gasteiger partial charge in [0.15, 0.2) is 0 Å². The molecule has 2 aliphatic rings. The van der Waals surface area contributed by atoms with Gasteiger partial charge in [0.05, 0.1) is 19.3 Å². The van der Waals surface area contributed by atoms with E-state index in [1.807, 2.05) is 11.8 Å². The van der Waals surface area contributed by atoms with Gasteiger partial charge in [0, 0.05) is 19.0 Å². The maximum absolute atomic E-state index is 12.2. The van der Waals surface area contributed by atoms with Gasteiger partial charge in [0.25, 0.3) is 0 Å². The quantitative estimate of drug-likeness (QED) is 0.728. The Bertz CT molecular complexity index is 241. The third kappa shape index (κ3) is 2.32. The van der Waals surface area contributed by atoms with Gasteiger partial charge in [-0.05, 0) is 18.8 Å². The first kappa shape index (κ1) is 10.9. The molecule has 1 saturated carbocycles. The standard InChI is InChI=1S/C11H20N2O2/c1-8(9-2-3-9)11(14)13-4-5-15-7-10(13)6-12/h8-10H,2-7,12H2,1H3. The monoisotopic (exact) mass is 212 g/mol. The van der Waals surface area contributed by atoms with E-state index < -0.39 is 0 Å². The van der Waals surface area contributed by atoms with Crippen LogP contribution in [0.4, 0.5) is 0 Å². The molecule has 0 aromatic heterocycles. The van der Waals surface area contributed by atoms with Crippen LogP contribution in [0.1, 0.15) is 19.8 Å². The average Bonchev–Trinajstić information content (AvgIpc) is 3.11. The lowest BCUT2D eigenvalue weighted by Crippen LogP contribution is -2.53. The van der Waals surface area contributed by atoms with Crippen LogP contribution in [0.5, 0.6) is 0 Å². The van der Waals surface area contributed by atoms with Gasteiger partial charge in [0.1, 0.15) is 0 Å². The number of morpholine rings is 1. The molecule has 15 heavy (non-hydrogen) atoms. The highest BCUT2D eigenvalue weighted by Crippen LogP contribution is 2.37. The van der Waals surface area contributed by atoms with Gasteiger partial charge in [-0.2, -0.15) is 0 Å². The molecule has 2 N–H and O–H groups in total. The van der Waals surface area contributed by atoms with Crippen LogP contribution in [0.2, 0.25) is 0 Å². The van der Waals surface area contributed by atoms with Crippen LogP contribution < -0.4 is 5.73 Å². The Morgan fingerprint density at radius 2 is 2.33 bits per heavy atom. The molecule has 1 heterocycles. The number of ether oxygens (including phenoxy) is 1. The number of nitrogens with two attached hydrogens (primary N) is 1. The van der Waals surface area contributed by atoms with E-state index >= 15 is 0 Å². The minimum absolute atomic E-state index is 0.0902. The van der Waals surface area contributed by atoms with Crippen LogP contribution in [-0.4, -0.2) is 43.2 Å². The van der Waals surface area contributed by atoms with Gasteiger partial charge in [-0.3, -0.25) is 4.79 Å². The van der Waals surface area contributed by atoms with E-state index in [0.29, 0.717) is 32.2 Å². The van der Waals surface area contributed by atoms with Gasteiger partial charge in [0.2, 0.25) is 5.91 Å². The maximum atomic E-state index is 12.2. The third-order valence-electron chi connectivity index (χ3n) is 3.50. The fraction of sp³-hybridized carbons (Fsp3) is 0.909. The lowest BCUT2D eigenvalue weighted by molar-refractivity contribution is -0.144. The minimum atomic E-state index is 0.0902. The predicted molar refractivity (Wildman–Crippen MR) is 57.3 cm³/mol. The van der Waals surface area contributed by atoms with Crippen LogP contribution >= 0.6 is 0 Å². The smallest absolute Gasteiger partial charge is 0.226 e. The molecule has 2 rings (SSSR count). The number of carbonyl (C=O) groups is 1. The van der Waals surface area contributed by atoms with E-state index in [1.54, 1.807) is 0 Å². The summed E-state index contributed by atoms with van der Waals surface area (Å²) in [6.45, 7) is 4.50. The molecule has 0 spiro atoms. The first-order valence-corrected chi connectivity index (χ1v) is 5.82. The summed E-state index contributed by atoms with van der Waals surface area (Å²) in [5.41, 5.74) is 5.65. The summed E-state index contributed by atoms with van der Waals surface area (Å²) in [5, 5.41) is 0. The van der Waals surface area contributed by atoms with Gasteiger partial charge < -0.3 is 15.4 Å². The molecule has 4 nitrogen and oxygen atoms in total. The van der Waals surface area contributed by atoms with Crippen LogP contribution in [-0.2, 0) is 9.53 Å². The number of hydrogen-bond acceptors (Lipinski definition) is 3. The molecule has 0 bridgehead atoms. The SMILES string of the molecule is CC(C(=O)N1CCOCC1CN)C1CC1. The summed E-state index contributed by atoms with van der Waals surface area (Å²) in [7, 11) is 0. The third-order valence-corrected chi connectivity index (χ3v) is 3.50. The number of nitrogens with zero attached hydrogens (tertiary/aromatic N) is 1. The van der Waals surface area contributed by atoms with Crippen molar-refractivity contribution in [3.8, 4) is 0 Å². The van der Waals surface area contributed by atoms with Crippen molar-refractivity contribution in [2.45, 2.75) is 25.8 Å². The number of rotatable bonds is 3. The Morgan fingerprint density at radius 3 is 2.93 bits per heavy atom. The Hall–Kier alpha value is -0.610. The van der Waals surface area contributed by atoms with Gasteiger partial charge in [-0.15, -0.1) is 0 Å². The Morgan fingerprint density at radius 1 is 1.60 bits per heavy atom. The van der Waals surface area contributed by atoms with Crippen molar-refractivity contribution in [3.63, 3.8) is 0 Å². The number of amides is 1. The first-order valence-electron chi connectivity index (χ1n) is 5.82. The largest absolute Gasteiger partial charge is 0.377 e. The van der Waals surface area contributed by atoms with E-state index in [4.69, 9.17) is 10.5 Å². The molecule has 1 saturated heterocycles.